The molecule has 0 unspecified atom stereocenters. The average Bonchev–Trinajstić information content (AvgIpc) is 3.37. The largest absolute Gasteiger partial charge is 0.493 e. The van der Waals surface area contributed by atoms with Crippen molar-refractivity contribution in [3.05, 3.63) is 48.2 Å². The van der Waals surface area contributed by atoms with Crippen molar-refractivity contribution in [3.63, 3.8) is 0 Å². The minimum atomic E-state index is -0.224. The summed E-state index contributed by atoms with van der Waals surface area (Å²) >= 11 is 0. The van der Waals surface area contributed by atoms with Gasteiger partial charge in [0, 0.05) is 32.6 Å². The first kappa shape index (κ1) is 23.1. The van der Waals surface area contributed by atoms with Gasteiger partial charge in [-0.15, -0.1) is 0 Å². The number of rotatable bonds is 8. The molecule has 7 nitrogen and oxygen atoms in total. The minimum absolute atomic E-state index is 0.224. The number of carbonyl (C=O) groups excluding carboxylic acids is 2. The molecular formula is C26H34N4O3. The molecule has 0 bridgehead atoms. The van der Waals surface area contributed by atoms with E-state index in [-0.39, 0.29) is 5.91 Å². The van der Waals surface area contributed by atoms with Crippen molar-refractivity contribution in [2.24, 2.45) is 5.92 Å². The Morgan fingerprint density at radius 3 is 2.52 bits per heavy atom. The monoisotopic (exact) mass is 450 g/mol. The van der Waals surface area contributed by atoms with Gasteiger partial charge in [0.05, 0.1) is 24.1 Å². The Kier molecular flexibility index (Phi) is 7.81. The topological polar surface area (TPSA) is 74.8 Å². The summed E-state index contributed by atoms with van der Waals surface area (Å²) in [5.41, 5.74) is 1.13. The quantitative estimate of drug-likeness (QED) is 0.647. The van der Waals surface area contributed by atoms with Crippen molar-refractivity contribution in [2.45, 2.75) is 45.4 Å². The Balaban J connectivity index is 1.26. The van der Waals surface area contributed by atoms with E-state index in [2.05, 4.69) is 15.2 Å². The first-order valence-electron chi connectivity index (χ1n) is 12.2. The van der Waals surface area contributed by atoms with Crippen molar-refractivity contribution >= 4 is 23.3 Å². The highest BCUT2D eigenvalue weighted by Gasteiger charge is 2.23. The van der Waals surface area contributed by atoms with Crippen LogP contribution in [0.4, 0.5) is 11.5 Å². The number of piperazine rings is 1. The lowest BCUT2D eigenvalue weighted by atomic mass is 10.0. The van der Waals surface area contributed by atoms with E-state index in [9.17, 15) is 9.59 Å². The van der Waals surface area contributed by atoms with Gasteiger partial charge >= 0.3 is 0 Å². The van der Waals surface area contributed by atoms with Gasteiger partial charge in [-0.05, 0) is 43.5 Å². The van der Waals surface area contributed by atoms with Crippen LogP contribution in [0, 0.1) is 5.92 Å². The van der Waals surface area contributed by atoms with Crippen LogP contribution in [-0.4, -0.2) is 54.5 Å². The number of hydrogen-bond acceptors (Lipinski definition) is 5. The maximum Gasteiger partial charge on any atom is 0.259 e. The van der Waals surface area contributed by atoms with E-state index in [1.807, 2.05) is 36.1 Å². The number of hydrogen-bond donors (Lipinski definition) is 1. The molecular weight excluding hydrogens is 416 g/mol. The number of carbonyl (C=O) groups is 2. The van der Waals surface area contributed by atoms with Crippen molar-refractivity contribution < 1.29 is 14.3 Å². The summed E-state index contributed by atoms with van der Waals surface area (Å²) in [5, 5.41) is 2.89. The van der Waals surface area contributed by atoms with Gasteiger partial charge in [-0.2, -0.15) is 0 Å². The second-order valence-electron chi connectivity index (χ2n) is 8.85. The molecule has 1 aromatic heterocycles. The van der Waals surface area contributed by atoms with Gasteiger partial charge in [0.2, 0.25) is 5.91 Å². The Hall–Kier alpha value is -3.09. The predicted octanol–water partition coefficient (Wildman–Crippen LogP) is 4.35. The van der Waals surface area contributed by atoms with Gasteiger partial charge in [-0.25, -0.2) is 4.98 Å². The van der Waals surface area contributed by atoms with Crippen LogP contribution in [0.1, 0.15) is 55.8 Å². The summed E-state index contributed by atoms with van der Waals surface area (Å²) in [4.78, 5) is 34.0. The third-order valence-electron chi connectivity index (χ3n) is 6.63. The predicted molar refractivity (Wildman–Crippen MR) is 130 cm³/mol. The fourth-order valence-electron chi connectivity index (χ4n) is 4.75. The van der Waals surface area contributed by atoms with Crippen LogP contribution in [-0.2, 0) is 4.79 Å². The molecule has 2 fully saturated rings. The fraction of sp³-hybridized carbons (Fsp3) is 0.500. The maximum atomic E-state index is 12.7. The molecule has 1 N–H and O–H groups in total. The number of ether oxygens (including phenoxy) is 1. The zero-order valence-corrected chi connectivity index (χ0v) is 19.5. The van der Waals surface area contributed by atoms with Gasteiger partial charge in [0.1, 0.15) is 11.6 Å². The number of anilines is 2. The first-order valence-corrected chi connectivity index (χ1v) is 12.2. The van der Waals surface area contributed by atoms with E-state index in [0.717, 1.165) is 44.3 Å². The average molecular weight is 451 g/mol. The fourth-order valence-corrected chi connectivity index (χ4v) is 4.75. The number of nitrogens with one attached hydrogen (secondary N) is 1. The Morgan fingerprint density at radius 2 is 1.82 bits per heavy atom. The number of nitrogens with zero attached hydrogens (tertiary/aromatic N) is 3. The lowest BCUT2D eigenvalue weighted by molar-refractivity contribution is -0.131. The Labute approximate surface area is 196 Å². The van der Waals surface area contributed by atoms with Crippen LogP contribution in [0.5, 0.6) is 5.75 Å². The molecule has 1 aromatic carbocycles. The van der Waals surface area contributed by atoms with E-state index in [1.165, 1.54) is 25.7 Å². The van der Waals surface area contributed by atoms with Crippen LogP contribution < -0.4 is 15.0 Å². The molecule has 2 amide bonds. The summed E-state index contributed by atoms with van der Waals surface area (Å²) in [6.45, 7) is 5.41. The molecule has 1 aliphatic heterocycles. The molecule has 1 aliphatic carbocycles. The highest BCUT2D eigenvalue weighted by molar-refractivity contribution is 6.06. The van der Waals surface area contributed by atoms with Crippen LogP contribution in [0.3, 0.4) is 0 Å². The van der Waals surface area contributed by atoms with Crippen LogP contribution in [0.2, 0.25) is 0 Å². The molecule has 33 heavy (non-hydrogen) atoms. The molecule has 7 heteroatoms. The molecule has 2 heterocycles. The Morgan fingerprint density at radius 1 is 1.06 bits per heavy atom. The van der Waals surface area contributed by atoms with E-state index in [4.69, 9.17) is 4.74 Å². The zero-order chi connectivity index (χ0) is 23.0. The number of aromatic nitrogens is 1. The second kappa shape index (κ2) is 11.2. The second-order valence-corrected chi connectivity index (χ2v) is 8.85. The molecule has 176 valence electrons. The van der Waals surface area contributed by atoms with Crippen molar-refractivity contribution in [1.82, 2.24) is 9.88 Å². The van der Waals surface area contributed by atoms with E-state index in [1.54, 1.807) is 18.3 Å². The zero-order valence-electron chi connectivity index (χ0n) is 19.5. The third-order valence-corrected chi connectivity index (χ3v) is 6.63. The highest BCUT2D eigenvalue weighted by atomic mass is 16.5. The molecule has 2 aliphatic rings. The Bertz CT molecular complexity index is 933. The van der Waals surface area contributed by atoms with Crippen LogP contribution >= 0.6 is 0 Å². The summed E-state index contributed by atoms with van der Waals surface area (Å²) in [6, 6.07) is 11.0. The molecule has 1 saturated heterocycles. The maximum absolute atomic E-state index is 12.7. The third kappa shape index (κ3) is 6.03. The SMILES string of the molecule is CCOc1ccccc1C(=O)Nc1ccc(N2CCN(C(=O)CCC3CCCC3)CC2)nc1. The lowest BCUT2D eigenvalue weighted by Crippen LogP contribution is -2.49. The lowest BCUT2D eigenvalue weighted by Gasteiger charge is -2.35. The van der Waals surface area contributed by atoms with Gasteiger partial charge in [-0.1, -0.05) is 37.8 Å². The summed E-state index contributed by atoms with van der Waals surface area (Å²) < 4.78 is 5.55. The molecule has 0 spiro atoms. The van der Waals surface area contributed by atoms with E-state index < -0.39 is 0 Å². The van der Waals surface area contributed by atoms with Gasteiger partial charge < -0.3 is 19.9 Å². The van der Waals surface area contributed by atoms with E-state index in [0.29, 0.717) is 35.9 Å². The van der Waals surface area contributed by atoms with Crippen molar-refractivity contribution in [3.8, 4) is 5.75 Å². The standard InChI is InChI=1S/C26H34N4O3/c1-2-33-23-10-6-5-9-22(23)26(32)28-21-12-13-24(27-19-21)29-15-17-30(18-16-29)25(31)14-11-20-7-3-4-8-20/h5-6,9-10,12-13,19-20H,2-4,7-8,11,14-18H2,1H3,(H,28,32). The van der Waals surface area contributed by atoms with Gasteiger partial charge in [0.25, 0.3) is 5.91 Å². The van der Waals surface area contributed by atoms with E-state index >= 15 is 0 Å². The molecule has 2 aromatic rings. The smallest absolute Gasteiger partial charge is 0.259 e. The van der Waals surface area contributed by atoms with Crippen molar-refractivity contribution in [1.29, 1.82) is 0 Å². The highest BCUT2D eigenvalue weighted by Crippen LogP contribution is 2.29. The number of benzene rings is 1. The van der Waals surface area contributed by atoms with Crippen LogP contribution in [0.15, 0.2) is 42.6 Å². The van der Waals surface area contributed by atoms with Gasteiger partial charge in [0.15, 0.2) is 0 Å². The molecule has 1 saturated carbocycles. The molecule has 0 atom stereocenters. The van der Waals surface area contributed by atoms with Crippen LogP contribution in [0.25, 0.3) is 0 Å². The minimum Gasteiger partial charge on any atom is -0.493 e. The number of pyridine rings is 1. The molecule has 4 rings (SSSR count). The summed E-state index contributed by atoms with van der Waals surface area (Å²) in [7, 11) is 0. The summed E-state index contributed by atoms with van der Waals surface area (Å²) in [6.07, 6.45) is 8.65. The van der Waals surface area contributed by atoms with Gasteiger partial charge in [-0.3, -0.25) is 9.59 Å². The van der Waals surface area contributed by atoms with Crippen molar-refractivity contribution in [2.75, 3.05) is 43.0 Å². The first-order chi connectivity index (χ1) is 16.1. The number of para-hydroxylation sites is 1. The number of amides is 2. The normalized spacial score (nSPS) is 16.6. The summed E-state index contributed by atoms with van der Waals surface area (Å²) in [5.74, 6) is 2.25. The molecule has 0 radical (unpaired) electrons.